The van der Waals surface area contributed by atoms with Gasteiger partial charge in [0.2, 0.25) is 5.43 Å². The fourth-order valence-corrected chi connectivity index (χ4v) is 2.65. The van der Waals surface area contributed by atoms with Gasteiger partial charge in [-0.25, -0.2) is 9.18 Å². The van der Waals surface area contributed by atoms with Crippen molar-refractivity contribution < 1.29 is 14.3 Å². The van der Waals surface area contributed by atoms with E-state index in [1.165, 1.54) is 30.5 Å². The molecule has 0 aliphatic carbocycles. The minimum Gasteiger partial charge on any atom is -0.477 e. The van der Waals surface area contributed by atoms with Gasteiger partial charge in [-0.15, -0.1) is 0 Å². The van der Waals surface area contributed by atoms with Crippen molar-refractivity contribution in [2.24, 2.45) is 0 Å². The zero-order valence-corrected chi connectivity index (χ0v) is 12.0. The van der Waals surface area contributed by atoms with Crippen LogP contribution < -0.4 is 5.43 Å². The fraction of sp³-hybridized carbons (Fsp3) is 0.250. The highest BCUT2D eigenvalue weighted by molar-refractivity contribution is 5.88. The number of carboxylic acids is 1. The zero-order valence-electron chi connectivity index (χ0n) is 12.0. The van der Waals surface area contributed by atoms with Crippen LogP contribution in [0.25, 0.3) is 11.1 Å². The molecule has 2 aromatic rings. The van der Waals surface area contributed by atoms with Crippen molar-refractivity contribution >= 4 is 5.97 Å². The fourth-order valence-electron chi connectivity index (χ4n) is 2.65. The molecular weight excluding hydrogens is 287 g/mol. The summed E-state index contributed by atoms with van der Waals surface area (Å²) in [7, 11) is 1.97. The molecule has 1 N–H and O–H groups in total. The molecular formula is C16H15FN2O3. The van der Waals surface area contributed by atoms with Crippen LogP contribution in [-0.2, 0) is 0 Å². The highest BCUT2D eigenvalue weighted by atomic mass is 19.1. The van der Waals surface area contributed by atoms with Gasteiger partial charge in [0.05, 0.1) is 6.04 Å². The first kappa shape index (κ1) is 14.5. The molecule has 1 saturated heterocycles. The zero-order chi connectivity index (χ0) is 15.9. The van der Waals surface area contributed by atoms with Crippen LogP contribution in [0.5, 0.6) is 0 Å². The Hall–Kier alpha value is -2.47. The van der Waals surface area contributed by atoms with E-state index in [0.29, 0.717) is 5.56 Å². The SMILES string of the molecule is CN1CC(n2cc(C(=O)O)c(=O)c(-c3ccc(F)cc3)c2)C1. The lowest BCUT2D eigenvalue weighted by molar-refractivity contribution is 0.0693. The van der Waals surface area contributed by atoms with E-state index in [-0.39, 0.29) is 17.2 Å². The number of pyridine rings is 1. The predicted octanol–water partition coefficient (Wildman–Crippen LogP) is 1.84. The van der Waals surface area contributed by atoms with Crippen LogP contribution in [0.2, 0.25) is 0 Å². The van der Waals surface area contributed by atoms with Gasteiger partial charge in [0.25, 0.3) is 0 Å². The largest absolute Gasteiger partial charge is 0.477 e. The first-order valence-electron chi connectivity index (χ1n) is 6.89. The maximum absolute atomic E-state index is 13.0. The lowest BCUT2D eigenvalue weighted by Crippen LogP contribution is -2.45. The van der Waals surface area contributed by atoms with E-state index in [1.54, 1.807) is 10.8 Å². The lowest BCUT2D eigenvalue weighted by Gasteiger charge is -2.38. The Kier molecular flexibility index (Phi) is 3.54. The summed E-state index contributed by atoms with van der Waals surface area (Å²) in [6.07, 6.45) is 3.04. The number of hydrogen-bond acceptors (Lipinski definition) is 3. The minimum atomic E-state index is -1.25. The molecule has 0 amide bonds. The third-order valence-electron chi connectivity index (χ3n) is 3.90. The van der Waals surface area contributed by atoms with E-state index >= 15 is 0 Å². The molecule has 1 aliphatic heterocycles. The average Bonchev–Trinajstić information content (AvgIpc) is 2.45. The number of carboxylic acid groups (broad SMARTS) is 1. The number of hydrogen-bond donors (Lipinski definition) is 1. The Balaban J connectivity index is 2.13. The molecule has 22 heavy (non-hydrogen) atoms. The molecule has 0 unspecified atom stereocenters. The van der Waals surface area contributed by atoms with Crippen molar-refractivity contribution in [3.8, 4) is 11.1 Å². The van der Waals surface area contributed by atoms with Crippen LogP contribution in [0.3, 0.4) is 0 Å². The molecule has 2 heterocycles. The van der Waals surface area contributed by atoms with Crippen molar-refractivity contribution in [1.82, 2.24) is 9.47 Å². The van der Waals surface area contributed by atoms with Crippen molar-refractivity contribution in [1.29, 1.82) is 0 Å². The summed E-state index contributed by atoms with van der Waals surface area (Å²) in [5.74, 6) is -1.66. The van der Waals surface area contributed by atoms with Gasteiger partial charge in [0.1, 0.15) is 11.4 Å². The quantitative estimate of drug-likeness (QED) is 0.939. The second kappa shape index (κ2) is 5.38. The van der Waals surface area contributed by atoms with Gasteiger partial charge in [0.15, 0.2) is 0 Å². The number of likely N-dealkylation sites (N-methyl/N-ethyl adjacent to an activating group) is 1. The van der Waals surface area contributed by atoms with E-state index in [4.69, 9.17) is 0 Å². The molecule has 1 aliphatic rings. The van der Waals surface area contributed by atoms with Crippen molar-refractivity contribution in [3.63, 3.8) is 0 Å². The van der Waals surface area contributed by atoms with Gasteiger partial charge < -0.3 is 14.6 Å². The van der Waals surface area contributed by atoms with Gasteiger partial charge in [-0.2, -0.15) is 0 Å². The molecule has 3 rings (SSSR count). The number of rotatable bonds is 3. The third kappa shape index (κ3) is 2.53. The summed E-state index contributed by atoms with van der Waals surface area (Å²) < 4.78 is 14.8. The van der Waals surface area contributed by atoms with E-state index < -0.39 is 17.2 Å². The summed E-state index contributed by atoms with van der Waals surface area (Å²) in [4.78, 5) is 25.8. The summed E-state index contributed by atoms with van der Waals surface area (Å²) in [6, 6.07) is 5.61. The number of halogens is 1. The number of nitrogens with zero attached hydrogens (tertiary/aromatic N) is 2. The monoisotopic (exact) mass is 302 g/mol. The first-order chi connectivity index (χ1) is 10.5. The molecule has 5 nitrogen and oxygen atoms in total. The second-order valence-corrected chi connectivity index (χ2v) is 5.55. The Morgan fingerprint density at radius 1 is 1.23 bits per heavy atom. The Morgan fingerprint density at radius 2 is 1.86 bits per heavy atom. The highest BCUT2D eigenvalue weighted by Crippen LogP contribution is 2.23. The van der Waals surface area contributed by atoms with E-state index in [0.717, 1.165) is 13.1 Å². The Morgan fingerprint density at radius 3 is 2.41 bits per heavy atom. The van der Waals surface area contributed by atoms with Gasteiger partial charge in [-0.1, -0.05) is 12.1 Å². The second-order valence-electron chi connectivity index (χ2n) is 5.55. The summed E-state index contributed by atoms with van der Waals surface area (Å²) in [5.41, 5.74) is -0.0372. The van der Waals surface area contributed by atoms with Gasteiger partial charge in [-0.3, -0.25) is 4.79 Å². The van der Waals surface area contributed by atoms with Gasteiger partial charge in [-0.05, 0) is 24.7 Å². The molecule has 0 atom stereocenters. The van der Waals surface area contributed by atoms with Gasteiger partial charge >= 0.3 is 5.97 Å². The smallest absolute Gasteiger partial charge is 0.341 e. The highest BCUT2D eigenvalue weighted by Gasteiger charge is 2.26. The molecule has 1 aromatic carbocycles. The van der Waals surface area contributed by atoms with Gasteiger partial charge in [0, 0.05) is 31.0 Å². The molecule has 1 fully saturated rings. The average molecular weight is 302 g/mol. The van der Waals surface area contributed by atoms with Crippen LogP contribution in [0.15, 0.2) is 41.5 Å². The van der Waals surface area contributed by atoms with E-state index in [2.05, 4.69) is 4.90 Å². The summed E-state index contributed by atoms with van der Waals surface area (Å²) >= 11 is 0. The first-order valence-corrected chi connectivity index (χ1v) is 6.89. The maximum atomic E-state index is 13.0. The number of benzene rings is 1. The van der Waals surface area contributed by atoms with Crippen LogP contribution in [0, 0.1) is 5.82 Å². The summed E-state index contributed by atoms with van der Waals surface area (Å²) in [6.45, 7) is 1.59. The van der Waals surface area contributed by atoms with Crippen molar-refractivity contribution in [2.45, 2.75) is 6.04 Å². The Bertz CT molecular complexity index is 777. The molecule has 6 heteroatoms. The normalized spacial score (nSPS) is 15.5. The van der Waals surface area contributed by atoms with Crippen molar-refractivity contribution in [3.05, 3.63) is 58.3 Å². The van der Waals surface area contributed by atoms with Crippen molar-refractivity contribution in [2.75, 3.05) is 20.1 Å². The topological polar surface area (TPSA) is 62.5 Å². The van der Waals surface area contributed by atoms with E-state index in [1.807, 2.05) is 7.05 Å². The molecule has 0 spiro atoms. The number of aromatic carboxylic acids is 1. The molecule has 0 bridgehead atoms. The third-order valence-corrected chi connectivity index (χ3v) is 3.90. The predicted molar refractivity (Wildman–Crippen MR) is 79.6 cm³/mol. The minimum absolute atomic E-state index is 0.142. The van der Waals surface area contributed by atoms with E-state index in [9.17, 15) is 19.1 Å². The molecule has 0 saturated carbocycles. The maximum Gasteiger partial charge on any atom is 0.341 e. The number of likely N-dealkylation sites (tertiary alicyclic amines) is 1. The molecule has 1 aromatic heterocycles. The Labute approximate surface area is 126 Å². The van der Waals surface area contributed by atoms with Crippen LogP contribution in [0.1, 0.15) is 16.4 Å². The number of carbonyl (C=O) groups is 1. The van der Waals surface area contributed by atoms with Crippen LogP contribution >= 0.6 is 0 Å². The standard InChI is InChI=1S/C16H15FN2O3/c1-18-6-12(7-18)19-8-13(10-2-4-11(17)5-3-10)15(20)14(9-19)16(21)22/h2-5,8-9,12H,6-7H2,1H3,(H,21,22). The van der Waals surface area contributed by atoms with Crippen LogP contribution in [0.4, 0.5) is 4.39 Å². The number of aromatic nitrogens is 1. The lowest BCUT2D eigenvalue weighted by atomic mass is 10.0. The van der Waals surface area contributed by atoms with Crippen LogP contribution in [-0.4, -0.2) is 40.7 Å². The molecule has 114 valence electrons. The molecule has 0 radical (unpaired) electrons. The summed E-state index contributed by atoms with van der Waals surface area (Å²) in [5, 5.41) is 9.25.